The molecule has 102 valence electrons. The van der Waals surface area contributed by atoms with Crippen LogP contribution in [0.25, 0.3) is 0 Å². The average molecular weight is 258 g/mol. The number of benzene rings is 1. The average Bonchev–Trinajstić information content (AvgIpc) is 3.01. The van der Waals surface area contributed by atoms with Gasteiger partial charge < -0.3 is 9.47 Å². The fraction of sp³-hybridized carbons (Fsp3) is 0.529. The van der Waals surface area contributed by atoms with E-state index in [0.717, 1.165) is 31.0 Å². The number of fused-ring (bicyclic) bond motifs is 3. The predicted molar refractivity (Wildman–Crippen MR) is 76.7 cm³/mol. The highest BCUT2D eigenvalue weighted by Crippen LogP contribution is 2.44. The van der Waals surface area contributed by atoms with Crippen LogP contribution in [0.4, 0.5) is 0 Å². The van der Waals surface area contributed by atoms with E-state index in [2.05, 4.69) is 26.0 Å². The van der Waals surface area contributed by atoms with Crippen LogP contribution in [0.5, 0.6) is 5.75 Å². The lowest BCUT2D eigenvalue weighted by Crippen LogP contribution is -2.02. The van der Waals surface area contributed by atoms with E-state index in [1.807, 2.05) is 0 Å². The molecule has 1 heterocycles. The highest BCUT2D eigenvalue weighted by molar-refractivity contribution is 5.51. The third-order valence-electron chi connectivity index (χ3n) is 4.42. The summed E-state index contributed by atoms with van der Waals surface area (Å²) in [5.41, 5.74) is 5.84. The van der Waals surface area contributed by atoms with Gasteiger partial charge in [-0.2, -0.15) is 0 Å². The summed E-state index contributed by atoms with van der Waals surface area (Å²) in [5, 5.41) is 0. The van der Waals surface area contributed by atoms with E-state index >= 15 is 0 Å². The van der Waals surface area contributed by atoms with Gasteiger partial charge in [0.1, 0.15) is 5.75 Å². The van der Waals surface area contributed by atoms with Crippen molar-refractivity contribution in [2.75, 3.05) is 13.7 Å². The van der Waals surface area contributed by atoms with Gasteiger partial charge in [0.05, 0.1) is 19.5 Å². The molecule has 2 aliphatic rings. The SMILES string of the molecule is COC(C[C@@H]1CCc2ccc3c(c21)CCO3)=C(C)C. The standard InChI is InChI=1S/C17H22O2/c1-11(2)16(18-3)10-13-5-4-12-6-7-15-14(17(12)13)8-9-19-15/h6-7,13H,4-5,8-10H2,1-3H3/t13-/m0/s1. The van der Waals surface area contributed by atoms with Crippen molar-refractivity contribution >= 4 is 0 Å². The van der Waals surface area contributed by atoms with Crippen molar-refractivity contribution in [2.45, 2.75) is 45.4 Å². The molecule has 1 aromatic carbocycles. The summed E-state index contributed by atoms with van der Waals surface area (Å²) in [4.78, 5) is 0. The van der Waals surface area contributed by atoms with E-state index in [-0.39, 0.29) is 0 Å². The molecule has 1 aliphatic heterocycles. The Labute approximate surface area is 115 Å². The van der Waals surface area contributed by atoms with Gasteiger partial charge in [0.15, 0.2) is 0 Å². The van der Waals surface area contributed by atoms with Gasteiger partial charge >= 0.3 is 0 Å². The predicted octanol–water partition coefficient (Wildman–Crippen LogP) is 3.98. The van der Waals surface area contributed by atoms with Crippen LogP contribution in [0.2, 0.25) is 0 Å². The molecule has 0 N–H and O–H groups in total. The lowest BCUT2D eigenvalue weighted by molar-refractivity contribution is 0.265. The summed E-state index contributed by atoms with van der Waals surface area (Å²) >= 11 is 0. The molecule has 0 saturated heterocycles. The first kappa shape index (κ1) is 12.6. The molecule has 19 heavy (non-hydrogen) atoms. The lowest BCUT2D eigenvalue weighted by Gasteiger charge is -2.17. The monoisotopic (exact) mass is 258 g/mol. The Kier molecular flexibility index (Phi) is 3.26. The minimum atomic E-state index is 0.608. The summed E-state index contributed by atoms with van der Waals surface area (Å²) in [5.74, 6) is 2.87. The highest BCUT2D eigenvalue weighted by atomic mass is 16.5. The van der Waals surface area contributed by atoms with Crippen molar-refractivity contribution in [3.8, 4) is 5.75 Å². The third kappa shape index (κ3) is 2.13. The van der Waals surface area contributed by atoms with Crippen LogP contribution < -0.4 is 4.74 Å². The first-order chi connectivity index (χ1) is 9.20. The maximum atomic E-state index is 5.71. The van der Waals surface area contributed by atoms with Gasteiger partial charge in [-0.05, 0) is 55.4 Å². The molecule has 0 amide bonds. The first-order valence-electron chi connectivity index (χ1n) is 7.18. The Hall–Kier alpha value is -1.44. The molecule has 2 heteroatoms. The van der Waals surface area contributed by atoms with Gasteiger partial charge in [0, 0.05) is 18.4 Å². The van der Waals surface area contributed by atoms with Gasteiger partial charge in [-0.25, -0.2) is 0 Å². The second-order valence-corrected chi connectivity index (χ2v) is 5.78. The van der Waals surface area contributed by atoms with Gasteiger partial charge in [0.25, 0.3) is 0 Å². The van der Waals surface area contributed by atoms with E-state index in [9.17, 15) is 0 Å². The van der Waals surface area contributed by atoms with Crippen LogP contribution in [0.15, 0.2) is 23.5 Å². The van der Waals surface area contributed by atoms with Crippen molar-refractivity contribution < 1.29 is 9.47 Å². The molecule has 2 nitrogen and oxygen atoms in total. The Morgan fingerprint density at radius 1 is 1.32 bits per heavy atom. The number of ether oxygens (including phenoxy) is 2. The zero-order chi connectivity index (χ0) is 13.4. The van der Waals surface area contributed by atoms with E-state index in [1.54, 1.807) is 12.7 Å². The molecular formula is C17H22O2. The first-order valence-corrected chi connectivity index (χ1v) is 7.18. The van der Waals surface area contributed by atoms with E-state index in [4.69, 9.17) is 9.47 Å². The molecule has 0 radical (unpaired) electrons. The molecule has 0 unspecified atom stereocenters. The Bertz CT molecular complexity index is 524. The summed E-state index contributed by atoms with van der Waals surface area (Å²) in [6.45, 7) is 5.11. The molecule has 0 bridgehead atoms. The second kappa shape index (κ2) is 4.92. The largest absolute Gasteiger partial charge is 0.501 e. The van der Waals surface area contributed by atoms with Gasteiger partial charge in [-0.3, -0.25) is 0 Å². The summed E-state index contributed by atoms with van der Waals surface area (Å²) in [6.07, 6.45) is 4.55. The number of hydrogen-bond acceptors (Lipinski definition) is 2. The fourth-order valence-corrected chi connectivity index (χ4v) is 3.47. The normalized spacial score (nSPS) is 19.6. The van der Waals surface area contributed by atoms with Crippen molar-refractivity contribution in [1.82, 2.24) is 0 Å². The van der Waals surface area contributed by atoms with Crippen LogP contribution in [0.1, 0.15) is 49.3 Å². The molecule has 0 saturated carbocycles. The van der Waals surface area contributed by atoms with Crippen LogP contribution in [-0.4, -0.2) is 13.7 Å². The quantitative estimate of drug-likeness (QED) is 0.763. The third-order valence-corrected chi connectivity index (χ3v) is 4.42. The van der Waals surface area contributed by atoms with E-state index in [1.165, 1.54) is 29.5 Å². The van der Waals surface area contributed by atoms with Crippen LogP contribution in [-0.2, 0) is 17.6 Å². The maximum Gasteiger partial charge on any atom is 0.122 e. The minimum Gasteiger partial charge on any atom is -0.501 e. The molecule has 0 fully saturated rings. The lowest BCUT2D eigenvalue weighted by atomic mass is 9.90. The van der Waals surface area contributed by atoms with Crippen LogP contribution >= 0.6 is 0 Å². The number of aryl methyl sites for hydroxylation is 1. The zero-order valence-corrected chi connectivity index (χ0v) is 12.1. The second-order valence-electron chi connectivity index (χ2n) is 5.78. The zero-order valence-electron chi connectivity index (χ0n) is 12.1. The molecule has 3 rings (SSSR count). The van der Waals surface area contributed by atoms with Crippen LogP contribution in [0, 0.1) is 0 Å². The van der Waals surface area contributed by atoms with Gasteiger partial charge in [0.2, 0.25) is 0 Å². The van der Waals surface area contributed by atoms with Crippen LogP contribution in [0.3, 0.4) is 0 Å². The van der Waals surface area contributed by atoms with Crippen molar-refractivity contribution in [3.63, 3.8) is 0 Å². The summed E-state index contributed by atoms with van der Waals surface area (Å²) in [6, 6.07) is 4.41. The Balaban J connectivity index is 1.94. The fourth-order valence-electron chi connectivity index (χ4n) is 3.47. The summed E-state index contributed by atoms with van der Waals surface area (Å²) < 4.78 is 11.3. The number of methoxy groups -OCH3 is 1. The smallest absolute Gasteiger partial charge is 0.122 e. The van der Waals surface area contributed by atoms with Crippen molar-refractivity contribution in [2.24, 2.45) is 0 Å². The summed E-state index contributed by atoms with van der Waals surface area (Å²) in [7, 11) is 1.79. The van der Waals surface area contributed by atoms with Crippen molar-refractivity contribution in [3.05, 3.63) is 40.2 Å². The number of rotatable bonds is 3. The molecule has 1 aromatic rings. The highest BCUT2D eigenvalue weighted by Gasteiger charge is 2.30. The topological polar surface area (TPSA) is 18.5 Å². The van der Waals surface area contributed by atoms with Gasteiger partial charge in [-0.15, -0.1) is 0 Å². The Morgan fingerprint density at radius 3 is 2.89 bits per heavy atom. The van der Waals surface area contributed by atoms with Crippen molar-refractivity contribution in [1.29, 1.82) is 0 Å². The maximum absolute atomic E-state index is 5.71. The molecular weight excluding hydrogens is 236 g/mol. The minimum absolute atomic E-state index is 0.608. The van der Waals surface area contributed by atoms with Gasteiger partial charge in [-0.1, -0.05) is 6.07 Å². The number of hydrogen-bond donors (Lipinski definition) is 0. The van der Waals surface area contributed by atoms with E-state index in [0.29, 0.717) is 5.92 Å². The molecule has 0 aromatic heterocycles. The Morgan fingerprint density at radius 2 is 2.16 bits per heavy atom. The number of allylic oxidation sites excluding steroid dienone is 2. The molecule has 0 spiro atoms. The molecule has 1 atom stereocenters. The van der Waals surface area contributed by atoms with E-state index < -0.39 is 0 Å². The molecule has 1 aliphatic carbocycles.